The van der Waals surface area contributed by atoms with E-state index in [1.807, 2.05) is 61.6 Å². The van der Waals surface area contributed by atoms with E-state index >= 15 is 0 Å². The molecular formula is C24H30N2O2S. The molecule has 1 aliphatic carbocycles. The SMILES string of the molecule is CN(Cc1ccccc1)C(=O)c1ccccc1SCC(=O)NCC1CCCCC1. The van der Waals surface area contributed by atoms with E-state index in [1.165, 1.54) is 43.9 Å². The Balaban J connectivity index is 1.53. The van der Waals surface area contributed by atoms with Crippen LogP contribution >= 0.6 is 11.8 Å². The molecule has 0 radical (unpaired) electrons. The lowest BCUT2D eigenvalue weighted by atomic mass is 9.89. The van der Waals surface area contributed by atoms with Gasteiger partial charge in [0.25, 0.3) is 5.91 Å². The Morgan fingerprint density at radius 1 is 1.00 bits per heavy atom. The van der Waals surface area contributed by atoms with Crippen LogP contribution in [0.1, 0.15) is 48.0 Å². The lowest BCUT2D eigenvalue weighted by Gasteiger charge is -2.21. The van der Waals surface area contributed by atoms with Gasteiger partial charge in [-0.05, 0) is 36.5 Å². The fourth-order valence-corrected chi connectivity index (χ4v) is 4.62. The molecule has 1 N–H and O–H groups in total. The van der Waals surface area contributed by atoms with E-state index in [2.05, 4.69) is 5.32 Å². The summed E-state index contributed by atoms with van der Waals surface area (Å²) < 4.78 is 0. The third-order valence-corrected chi connectivity index (χ3v) is 6.47. The molecule has 2 aromatic carbocycles. The number of hydrogen-bond donors (Lipinski definition) is 1. The van der Waals surface area contributed by atoms with Gasteiger partial charge in [-0.15, -0.1) is 11.8 Å². The van der Waals surface area contributed by atoms with Gasteiger partial charge in [0.15, 0.2) is 0 Å². The molecule has 5 heteroatoms. The standard InChI is InChI=1S/C24H30N2O2S/c1-26(17-20-12-6-3-7-13-20)24(28)21-14-8-9-15-22(21)29-18-23(27)25-16-19-10-4-2-5-11-19/h3,6-9,12-15,19H,2,4-5,10-11,16-18H2,1H3,(H,25,27). The molecule has 154 valence electrons. The zero-order valence-electron chi connectivity index (χ0n) is 17.1. The van der Waals surface area contributed by atoms with Crippen molar-refractivity contribution < 1.29 is 9.59 Å². The fraction of sp³-hybridized carbons (Fsp3) is 0.417. The monoisotopic (exact) mass is 410 g/mol. The van der Waals surface area contributed by atoms with Gasteiger partial charge in [0.2, 0.25) is 5.91 Å². The summed E-state index contributed by atoms with van der Waals surface area (Å²) in [4.78, 5) is 27.8. The van der Waals surface area contributed by atoms with Gasteiger partial charge in [-0.3, -0.25) is 9.59 Å². The molecule has 0 unspecified atom stereocenters. The highest BCUT2D eigenvalue weighted by Crippen LogP contribution is 2.25. The second-order valence-corrected chi connectivity index (χ2v) is 8.76. The van der Waals surface area contributed by atoms with Crippen LogP contribution in [0.25, 0.3) is 0 Å². The number of carbonyl (C=O) groups excluding carboxylic acids is 2. The zero-order chi connectivity index (χ0) is 20.5. The maximum Gasteiger partial charge on any atom is 0.255 e. The predicted molar refractivity (Wildman–Crippen MR) is 119 cm³/mol. The topological polar surface area (TPSA) is 49.4 Å². The molecule has 29 heavy (non-hydrogen) atoms. The molecule has 4 nitrogen and oxygen atoms in total. The number of carbonyl (C=O) groups is 2. The van der Waals surface area contributed by atoms with Crippen LogP contribution in [0.4, 0.5) is 0 Å². The van der Waals surface area contributed by atoms with Crippen LogP contribution in [0.2, 0.25) is 0 Å². The van der Waals surface area contributed by atoms with Gasteiger partial charge >= 0.3 is 0 Å². The Morgan fingerprint density at radius 3 is 2.45 bits per heavy atom. The van der Waals surface area contributed by atoms with E-state index in [4.69, 9.17) is 0 Å². The average Bonchev–Trinajstić information content (AvgIpc) is 2.77. The first-order valence-corrected chi connectivity index (χ1v) is 11.4. The Bertz CT molecular complexity index is 804. The maximum absolute atomic E-state index is 13.0. The van der Waals surface area contributed by atoms with Crippen molar-refractivity contribution in [3.8, 4) is 0 Å². The Hall–Kier alpha value is -2.27. The van der Waals surface area contributed by atoms with Crippen LogP contribution in [0, 0.1) is 5.92 Å². The molecule has 0 bridgehead atoms. The normalized spacial score (nSPS) is 14.4. The van der Waals surface area contributed by atoms with Crippen LogP contribution in [-0.4, -0.2) is 36.1 Å². The maximum atomic E-state index is 13.0. The number of amides is 2. The summed E-state index contributed by atoms with van der Waals surface area (Å²) in [6.07, 6.45) is 6.32. The Kier molecular flexibility index (Phi) is 8.17. The molecule has 1 saturated carbocycles. The molecule has 2 amide bonds. The second-order valence-electron chi connectivity index (χ2n) is 7.74. The second kappa shape index (κ2) is 11.1. The van der Waals surface area contributed by atoms with Crippen molar-refractivity contribution in [1.29, 1.82) is 0 Å². The summed E-state index contributed by atoms with van der Waals surface area (Å²) in [5.74, 6) is 0.970. The fourth-order valence-electron chi connectivity index (χ4n) is 3.75. The quantitative estimate of drug-likeness (QED) is 0.639. The first-order valence-electron chi connectivity index (χ1n) is 10.4. The first kappa shape index (κ1) is 21.4. The molecule has 1 aliphatic rings. The van der Waals surface area contributed by atoms with Crippen LogP contribution in [0.5, 0.6) is 0 Å². The minimum atomic E-state index is -0.0282. The van der Waals surface area contributed by atoms with Crippen molar-refractivity contribution in [3.63, 3.8) is 0 Å². The summed E-state index contributed by atoms with van der Waals surface area (Å²) in [5.41, 5.74) is 1.74. The predicted octanol–water partition coefficient (Wildman–Crippen LogP) is 4.75. The first-order chi connectivity index (χ1) is 14.1. The molecule has 0 heterocycles. The van der Waals surface area contributed by atoms with Crippen molar-refractivity contribution in [2.24, 2.45) is 5.92 Å². The summed E-state index contributed by atoms with van der Waals surface area (Å²) in [5, 5.41) is 3.07. The summed E-state index contributed by atoms with van der Waals surface area (Å²) in [6, 6.07) is 17.5. The molecule has 2 aromatic rings. The van der Waals surface area contributed by atoms with Crippen LogP contribution in [0.3, 0.4) is 0 Å². The number of thioether (sulfide) groups is 1. The van der Waals surface area contributed by atoms with Crippen molar-refractivity contribution in [3.05, 3.63) is 65.7 Å². The molecule has 1 fully saturated rings. The summed E-state index contributed by atoms with van der Waals surface area (Å²) in [6.45, 7) is 1.33. The van der Waals surface area contributed by atoms with Crippen LogP contribution in [-0.2, 0) is 11.3 Å². The summed E-state index contributed by atoms with van der Waals surface area (Å²) >= 11 is 1.43. The van der Waals surface area contributed by atoms with Gasteiger partial charge in [-0.25, -0.2) is 0 Å². The highest BCUT2D eigenvalue weighted by Gasteiger charge is 2.18. The van der Waals surface area contributed by atoms with Crippen LogP contribution < -0.4 is 5.32 Å². The number of rotatable bonds is 8. The van der Waals surface area contributed by atoms with Gasteiger partial charge in [0, 0.05) is 25.0 Å². The molecule has 0 saturated heterocycles. The lowest BCUT2D eigenvalue weighted by molar-refractivity contribution is -0.118. The highest BCUT2D eigenvalue weighted by molar-refractivity contribution is 8.00. The van der Waals surface area contributed by atoms with Gasteiger partial charge in [-0.2, -0.15) is 0 Å². The molecular weight excluding hydrogens is 380 g/mol. The number of hydrogen-bond acceptors (Lipinski definition) is 3. The number of nitrogens with zero attached hydrogens (tertiary/aromatic N) is 1. The van der Waals surface area contributed by atoms with Crippen molar-refractivity contribution in [2.45, 2.75) is 43.5 Å². The van der Waals surface area contributed by atoms with Crippen LogP contribution in [0.15, 0.2) is 59.5 Å². The number of benzene rings is 2. The smallest absolute Gasteiger partial charge is 0.255 e. The molecule has 3 rings (SSSR count). The zero-order valence-corrected chi connectivity index (χ0v) is 17.9. The van der Waals surface area contributed by atoms with Gasteiger partial charge < -0.3 is 10.2 Å². The highest BCUT2D eigenvalue weighted by atomic mass is 32.2. The van der Waals surface area contributed by atoms with E-state index in [1.54, 1.807) is 4.90 Å². The summed E-state index contributed by atoms with van der Waals surface area (Å²) in [7, 11) is 1.81. The largest absolute Gasteiger partial charge is 0.355 e. The van der Waals surface area contributed by atoms with Gasteiger partial charge in [0.1, 0.15) is 0 Å². The Labute approximate surface area is 178 Å². The third-order valence-electron chi connectivity index (χ3n) is 5.40. The van der Waals surface area contributed by atoms with Crippen molar-refractivity contribution in [2.75, 3.05) is 19.3 Å². The minimum Gasteiger partial charge on any atom is -0.355 e. The van der Waals surface area contributed by atoms with Crippen molar-refractivity contribution >= 4 is 23.6 Å². The minimum absolute atomic E-state index is 0.0282. The molecule has 0 atom stereocenters. The van der Waals surface area contributed by atoms with E-state index in [0.717, 1.165) is 17.0 Å². The molecule has 0 spiro atoms. The van der Waals surface area contributed by atoms with E-state index in [0.29, 0.717) is 23.8 Å². The molecule has 0 aromatic heterocycles. The van der Waals surface area contributed by atoms with E-state index in [-0.39, 0.29) is 11.8 Å². The van der Waals surface area contributed by atoms with E-state index in [9.17, 15) is 9.59 Å². The third kappa shape index (κ3) is 6.64. The average molecular weight is 411 g/mol. The Morgan fingerprint density at radius 2 is 1.69 bits per heavy atom. The number of nitrogens with one attached hydrogen (secondary N) is 1. The van der Waals surface area contributed by atoms with Gasteiger partial charge in [-0.1, -0.05) is 61.7 Å². The lowest BCUT2D eigenvalue weighted by Crippen LogP contribution is -2.31. The van der Waals surface area contributed by atoms with Gasteiger partial charge in [0.05, 0.1) is 11.3 Å². The van der Waals surface area contributed by atoms with Crippen molar-refractivity contribution in [1.82, 2.24) is 10.2 Å². The molecule has 0 aliphatic heterocycles. The van der Waals surface area contributed by atoms with E-state index < -0.39 is 0 Å².